The highest BCUT2D eigenvalue weighted by atomic mass is 16.5. The van der Waals surface area contributed by atoms with Gasteiger partial charge in [0.05, 0.1) is 24.8 Å². The molecule has 0 bridgehead atoms. The molecule has 0 aliphatic carbocycles. The summed E-state index contributed by atoms with van der Waals surface area (Å²) in [6, 6.07) is 13.6. The number of carbonyl (C=O) groups is 2. The molecule has 0 spiro atoms. The molecule has 2 N–H and O–H groups in total. The van der Waals surface area contributed by atoms with E-state index in [0.29, 0.717) is 29.4 Å². The van der Waals surface area contributed by atoms with Crippen LogP contribution in [0.5, 0.6) is 5.75 Å². The van der Waals surface area contributed by atoms with Crippen molar-refractivity contribution in [2.75, 3.05) is 19.8 Å². The molecule has 30 heavy (non-hydrogen) atoms. The molecule has 6 nitrogen and oxygen atoms in total. The van der Waals surface area contributed by atoms with Crippen LogP contribution in [-0.2, 0) is 9.59 Å². The van der Waals surface area contributed by atoms with E-state index in [0.717, 1.165) is 5.56 Å². The molecule has 0 aromatic heterocycles. The van der Waals surface area contributed by atoms with Gasteiger partial charge in [0, 0.05) is 12.1 Å². The number of carbonyl (C=O) groups excluding carboxylic acids is 2. The summed E-state index contributed by atoms with van der Waals surface area (Å²) in [5, 5.41) is 20.4. The zero-order chi connectivity index (χ0) is 21.8. The first-order chi connectivity index (χ1) is 14.4. The normalized spacial score (nSPS) is 18.3. The zero-order valence-corrected chi connectivity index (χ0v) is 17.5. The van der Waals surface area contributed by atoms with Crippen LogP contribution in [0.4, 0.5) is 0 Å². The first-order valence-electron chi connectivity index (χ1n) is 10.1. The summed E-state index contributed by atoms with van der Waals surface area (Å²) in [7, 11) is 0. The summed E-state index contributed by atoms with van der Waals surface area (Å²) < 4.78 is 5.42. The number of rotatable bonds is 7. The van der Waals surface area contributed by atoms with Crippen molar-refractivity contribution >= 4 is 17.4 Å². The molecule has 1 aliphatic rings. The number of nitrogens with zero attached hydrogens (tertiary/aromatic N) is 1. The van der Waals surface area contributed by atoms with Crippen LogP contribution in [0.3, 0.4) is 0 Å². The smallest absolute Gasteiger partial charge is 0.295 e. The molecule has 2 aromatic rings. The third kappa shape index (κ3) is 4.09. The van der Waals surface area contributed by atoms with E-state index in [1.807, 2.05) is 31.2 Å². The Morgan fingerprint density at radius 2 is 1.70 bits per heavy atom. The van der Waals surface area contributed by atoms with Gasteiger partial charge in [-0.2, -0.15) is 0 Å². The van der Waals surface area contributed by atoms with E-state index in [9.17, 15) is 19.8 Å². The van der Waals surface area contributed by atoms with Gasteiger partial charge in [-0.25, -0.2) is 0 Å². The third-order valence-electron chi connectivity index (χ3n) is 5.24. The second-order valence-corrected chi connectivity index (χ2v) is 7.49. The first kappa shape index (κ1) is 21.6. The highest BCUT2D eigenvalue weighted by molar-refractivity contribution is 6.46. The lowest BCUT2D eigenvalue weighted by atomic mass is 9.93. The molecule has 1 saturated heterocycles. The van der Waals surface area contributed by atoms with Gasteiger partial charge >= 0.3 is 0 Å². The van der Waals surface area contributed by atoms with Crippen molar-refractivity contribution in [3.8, 4) is 5.75 Å². The number of ketones is 1. The fourth-order valence-electron chi connectivity index (χ4n) is 3.66. The third-order valence-corrected chi connectivity index (χ3v) is 5.24. The van der Waals surface area contributed by atoms with Crippen LogP contribution in [0.2, 0.25) is 0 Å². The quantitative estimate of drug-likeness (QED) is 0.414. The molecule has 3 rings (SSSR count). The summed E-state index contributed by atoms with van der Waals surface area (Å²) >= 11 is 0. The minimum atomic E-state index is -0.759. The van der Waals surface area contributed by atoms with Crippen LogP contribution in [-0.4, -0.2) is 46.6 Å². The summed E-state index contributed by atoms with van der Waals surface area (Å²) in [5.41, 5.74) is 2.28. The van der Waals surface area contributed by atoms with Gasteiger partial charge in [0.15, 0.2) is 0 Å². The summed E-state index contributed by atoms with van der Waals surface area (Å²) in [6.07, 6.45) is 0. The van der Waals surface area contributed by atoms with Gasteiger partial charge < -0.3 is 19.8 Å². The fourth-order valence-corrected chi connectivity index (χ4v) is 3.66. The lowest BCUT2D eigenvalue weighted by Crippen LogP contribution is -2.32. The summed E-state index contributed by atoms with van der Waals surface area (Å²) in [4.78, 5) is 26.8. The van der Waals surface area contributed by atoms with E-state index in [2.05, 4.69) is 13.8 Å². The zero-order valence-electron chi connectivity index (χ0n) is 17.5. The Balaban J connectivity index is 2.09. The van der Waals surface area contributed by atoms with Crippen LogP contribution in [0.15, 0.2) is 54.1 Å². The van der Waals surface area contributed by atoms with E-state index in [1.165, 1.54) is 4.90 Å². The number of β-amino-alcohol motifs (C(OH)–C–C–N with tert-alkyl or cyclic N) is 1. The predicted octanol–water partition coefficient (Wildman–Crippen LogP) is 3.62. The highest BCUT2D eigenvalue weighted by Crippen LogP contribution is 2.39. The number of hydrogen-bond donors (Lipinski definition) is 2. The lowest BCUT2D eigenvalue weighted by molar-refractivity contribution is -0.140. The Bertz CT molecular complexity index is 945. The number of likely N-dealkylation sites (tertiary alicyclic amines) is 1. The van der Waals surface area contributed by atoms with Crippen molar-refractivity contribution in [1.82, 2.24) is 4.90 Å². The molecule has 1 amide bonds. The molecule has 6 heteroatoms. The van der Waals surface area contributed by atoms with Crippen LogP contribution in [0.25, 0.3) is 5.76 Å². The molecule has 158 valence electrons. The average molecular weight is 409 g/mol. The molecule has 1 fully saturated rings. The van der Waals surface area contributed by atoms with Gasteiger partial charge in [0.1, 0.15) is 11.5 Å². The molecule has 1 aliphatic heterocycles. The average Bonchev–Trinajstić information content (AvgIpc) is 2.99. The molecular formula is C24H27NO5. The van der Waals surface area contributed by atoms with Crippen molar-refractivity contribution in [3.63, 3.8) is 0 Å². The Morgan fingerprint density at radius 1 is 1.07 bits per heavy atom. The van der Waals surface area contributed by atoms with Crippen LogP contribution in [0.1, 0.15) is 49.4 Å². The topological polar surface area (TPSA) is 87.1 Å². The monoisotopic (exact) mass is 409 g/mol. The molecule has 0 saturated carbocycles. The van der Waals surface area contributed by atoms with Crippen LogP contribution >= 0.6 is 0 Å². The number of ether oxygens (including phenoxy) is 1. The van der Waals surface area contributed by atoms with Crippen LogP contribution < -0.4 is 4.74 Å². The van der Waals surface area contributed by atoms with Crippen molar-refractivity contribution in [3.05, 3.63) is 70.8 Å². The van der Waals surface area contributed by atoms with Crippen molar-refractivity contribution < 1.29 is 24.5 Å². The molecule has 1 heterocycles. The molecular weight excluding hydrogens is 382 g/mol. The molecule has 1 unspecified atom stereocenters. The van der Waals surface area contributed by atoms with Gasteiger partial charge in [-0.15, -0.1) is 0 Å². The molecule has 2 aromatic carbocycles. The van der Waals surface area contributed by atoms with Crippen molar-refractivity contribution in [1.29, 1.82) is 0 Å². The van der Waals surface area contributed by atoms with E-state index >= 15 is 0 Å². The second kappa shape index (κ2) is 9.13. The Morgan fingerprint density at radius 3 is 2.23 bits per heavy atom. The molecule has 0 radical (unpaired) electrons. The number of Topliss-reactive ketones (excluding diaryl/α,β-unsaturated/α-hetero) is 1. The number of aliphatic hydroxyl groups is 2. The molecule has 1 atom stereocenters. The van der Waals surface area contributed by atoms with Gasteiger partial charge in [0.25, 0.3) is 11.7 Å². The predicted molar refractivity (Wildman–Crippen MR) is 114 cm³/mol. The number of hydrogen-bond acceptors (Lipinski definition) is 5. The van der Waals surface area contributed by atoms with Crippen molar-refractivity contribution in [2.24, 2.45) is 0 Å². The maximum Gasteiger partial charge on any atom is 0.295 e. The van der Waals surface area contributed by atoms with Gasteiger partial charge in [-0.05, 0) is 48.2 Å². The SMILES string of the molecule is CCOc1ccc(/C(O)=C2/C(=O)C(=O)N(CCO)C2c2ccc(C(C)C)cc2)cc1. The second-order valence-electron chi connectivity index (χ2n) is 7.49. The van der Waals surface area contributed by atoms with Crippen LogP contribution in [0, 0.1) is 0 Å². The summed E-state index contributed by atoms with van der Waals surface area (Å²) in [6.45, 7) is 6.28. The van der Waals surface area contributed by atoms with Crippen molar-refractivity contribution in [2.45, 2.75) is 32.7 Å². The van der Waals surface area contributed by atoms with E-state index in [-0.39, 0.29) is 24.5 Å². The Labute approximate surface area is 176 Å². The lowest BCUT2D eigenvalue weighted by Gasteiger charge is -2.25. The maximum absolute atomic E-state index is 12.8. The first-order valence-corrected chi connectivity index (χ1v) is 10.1. The summed E-state index contributed by atoms with van der Waals surface area (Å²) in [5.74, 6) is -0.737. The van der Waals surface area contributed by atoms with Gasteiger partial charge in [-0.3, -0.25) is 9.59 Å². The maximum atomic E-state index is 12.8. The van der Waals surface area contributed by atoms with E-state index in [4.69, 9.17) is 4.74 Å². The van der Waals surface area contributed by atoms with Gasteiger partial charge in [0.2, 0.25) is 0 Å². The Hall–Kier alpha value is -3.12. The number of benzene rings is 2. The van der Waals surface area contributed by atoms with E-state index < -0.39 is 17.7 Å². The largest absolute Gasteiger partial charge is 0.507 e. The number of aliphatic hydroxyl groups excluding tert-OH is 2. The minimum absolute atomic E-state index is 0.00122. The fraction of sp³-hybridized carbons (Fsp3) is 0.333. The Kier molecular flexibility index (Phi) is 6.57. The standard InChI is InChI=1S/C24H27NO5/c1-4-30-19-11-9-18(10-12-19)22(27)20-21(25(13-14-26)24(29)23(20)28)17-7-5-16(6-8-17)15(2)3/h5-12,15,21,26-27H,4,13-14H2,1-3H3/b22-20-. The van der Waals surface area contributed by atoms with E-state index in [1.54, 1.807) is 24.3 Å². The highest BCUT2D eigenvalue weighted by Gasteiger charge is 2.45. The number of amides is 1. The van der Waals surface area contributed by atoms with Gasteiger partial charge in [-0.1, -0.05) is 38.1 Å². The minimum Gasteiger partial charge on any atom is -0.507 e.